The maximum absolute atomic E-state index is 12.5. The molecule has 30 heavy (non-hydrogen) atoms. The summed E-state index contributed by atoms with van der Waals surface area (Å²) in [5.74, 6) is -0.349. The molecule has 1 amide bonds. The molecule has 0 bridgehead atoms. The smallest absolute Gasteiger partial charge is 0.328 e. The molecule has 1 rings (SSSR count). The molecule has 170 valence electrons. The summed E-state index contributed by atoms with van der Waals surface area (Å²) in [5.41, 5.74) is 12.3. The van der Waals surface area contributed by atoms with Gasteiger partial charge in [0.05, 0.1) is 6.04 Å². The van der Waals surface area contributed by atoms with E-state index in [1.807, 2.05) is 19.9 Å². The lowest BCUT2D eigenvalue weighted by molar-refractivity contribution is -0.149. The van der Waals surface area contributed by atoms with E-state index in [1.165, 1.54) is 0 Å². The second-order valence-corrected chi connectivity index (χ2v) is 7.65. The van der Waals surface area contributed by atoms with Gasteiger partial charge in [-0.2, -0.15) is 13.5 Å². The Labute approximate surface area is 190 Å². The van der Waals surface area contributed by atoms with Gasteiger partial charge in [0.25, 0.3) is 0 Å². The number of nitrogens with two attached hydrogens (primary N) is 2. The number of halogens is 1. The van der Waals surface area contributed by atoms with Crippen molar-refractivity contribution >= 4 is 42.9 Å². The van der Waals surface area contributed by atoms with Gasteiger partial charge in [-0.3, -0.25) is 9.79 Å². The van der Waals surface area contributed by atoms with Crippen LogP contribution in [0.3, 0.4) is 0 Å². The lowest BCUT2D eigenvalue weighted by atomic mass is 10.0. The van der Waals surface area contributed by atoms with E-state index in [2.05, 4.69) is 15.6 Å². The standard InChI is InChI=1S/C20H32ClN5O3.H2S/c1-13(2)10-17(19(28)29-12-14-6-4-7-15(21)11-14)26-18(27)16(22)8-5-9-25-20(23)24-3;/h4,6-7,11,13,16-17H,5,8-10,12,22H2,1-3H3,(H,26,27)(H3,23,24,25);1H2/t16-,17+;/m1./s1. The summed E-state index contributed by atoms with van der Waals surface area (Å²) in [7, 11) is 1.59. The number of guanidine groups is 1. The summed E-state index contributed by atoms with van der Waals surface area (Å²) in [5, 5.41) is 6.20. The first-order valence-corrected chi connectivity index (χ1v) is 10.0. The molecule has 1 aromatic rings. The second kappa shape index (κ2) is 14.9. The average molecular weight is 460 g/mol. The highest BCUT2D eigenvalue weighted by atomic mass is 35.5. The van der Waals surface area contributed by atoms with Gasteiger partial charge in [0.2, 0.25) is 5.91 Å². The Hall–Kier alpha value is -1.97. The average Bonchev–Trinajstić information content (AvgIpc) is 2.68. The van der Waals surface area contributed by atoms with Crippen LogP contribution in [0.15, 0.2) is 29.3 Å². The minimum absolute atomic E-state index is 0. The quantitative estimate of drug-likeness (QED) is 0.172. The molecule has 0 aliphatic rings. The van der Waals surface area contributed by atoms with Gasteiger partial charge in [-0.25, -0.2) is 4.79 Å². The molecule has 6 N–H and O–H groups in total. The number of nitrogens with one attached hydrogen (secondary N) is 2. The molecule has 0 radical (unpaired) electrons. The molecule has 1 aromatic carbocycles. The molecule has 8 nitrogen and oxygen atoms in total. The molecular weight excluding hydrogens is 426 g/mol. The van der Waals surface area contributed by atoms with Gasteiger partial charge >= 0.3 is 5.97 Å². The highest BCUT2D eigenvalue weighted by Crippen LogP contribution is 2.13. The molecule has 2 atom stereocenters. The molecule has 0 saturated heterocycles. The number of amides is 1. The SMILES string of the molecule is CN=C(N)NCCC[C@@H](N)C(=O)N[C@@H](CC(C)C)C(=O)OCc1cccc(Cl)c1.S. The third-order valence-electron chi connectivity index (χ3n) is 4.15. The van der Waals surface area contributed by atoms with E-state index in [0.29, 0.717) is 36.8 Å². The van der Waals surface area contributed by atoms with Crippen molar-refractivity contribution in [3.05, 3.63) is 34.9 Å². The summed E-state index contributed by atoms with van der Waals surface area (Å²) >= 11 is 5.94. The van der Waals surface area contributed by atoms with Crippen LogP contribution in [-0.2, 0) is 20.9 Å². The minimum atomic E-state index is -0.756. The fourth-order valence-electron chi connectivity index (χ4n) is 2.59. The number of ether oxygens (including phenoxy) is 1. The highest BCUT2D eigenvalue weighted by Gasteiger charge is 2.25. The summed E-state index contributed by atoms with van der Waals surface area (Å²) in [4.78, 5) is 28.7. The molecule has 0 heterocycles. The minimum Gasteiger partial charge on any atom is -0.459 e. The van der Waals surface area contributed by atoms with E-state index in [-0.39, 0.29) is 31.9 Å². The van der Waals surface area contributed by atoms with Crippen LogP contribution in [0.2, 0.25) is 5.02 Å². The summed E-state index contributed by atoms with van der Waals surface area (Å²) in [6.07, 6.45) is 1.54. The lowest BCUT2D eigenvalue weighted by Crippen LogP contribution is -2.49. The van der Waals surface area contributed by atoms with Gasteiger partial charge < -0.3 is 26.8 Å². The Kier molecular flexibility index (Phi) is 13.9. The lowest BCUT2D eigenvalue weighted by Gasteiger charge is -2.21. The molecular formula is C20H34ClN5O3S. The third-order valence-corrected chi connectivity index (χ3v) is 4.39. The monoisotopic (exact) mass is 459 g/mol. The van der Waals surface area contributed by atoms with E-state index in [4.69, 9.17) is 27.8 Å². The van der Waals surface area contributed by atoms with Gasteiger partial charge in [-0.1, -0.05) is 37.6 Å². The van der Waals surface area contributed by atoms with Crippen molar-refractivity contribution in [1.82, 2.24) is 10.6 Å². The first-order valence-electron chi connectivity index (χ1n) is 9.66. The van der Waals surface area contributed by atoms with Crippen molar-refractivity contribution in [3.8, 4) is 0 Å². The topological polar surface area (TPSA) is 132 Å². The predicted octanol–water partition coefficient (Wildman–Crippen LogP) is 1.67. The Balaban J connectivity index is 0.00000841. The van der Waals surface area contributed by atoms with Crippen molar-refractivity contribution in [2.45, 2.75) is 51.8 Å². The number of nitrogens with zero attached hydrogens (tertiary/aromatic N) is 1. The Morgan fingerprint density at radius 1 is 1.30 bits per heavy atom. The predicted molar refractivity (Wildman–Crippen MR) is 126 cm³/mol. The second-order valence-electron chi connectivity index (χ2n) is 7.21. The van der Waals surface area contributed by atoms with E-state index in [1.54, 1.807) is 25.2 Å². The fraction of sp³-hybridized carbons (Fsp3) is 0.550. The van der Waals surface area contributed by atoms with Crippen LogP contribution >= 0.6 is 25.1 Å². The molecule has 0 aliphatic carbocycles. The maximum Gasteiger partial charge on any atom is 0.328 e. The van der Waals surface area contributed by atoms with Crippen LogP contribution in [0.4, 0.5) is 0 Å². The van der Waals surface area contributed by atoms with Crippen molar-refractivity contribution in [3.63, 3.8) is 0 Å². The van der Waals surface area contributed by atoms with Crippen molar-refractivity contribution in [2.75, 3.05) is 13.6 Å². The summed E-state index contributed by atoms with van der Waals surface area (Å²) < 4.78 is 5.37. The van der Waals surface area contributed by atoms with Crippen LogP contribution < -0.4 is 22.1 Å². The van der Waals surface area contributed by atoms with E-state index < -0.39 is 18.1 Å². The number of hydrogen-bond donors (Lipinski definition) is 4. The Morgan fingerprint density at radius 2 is 2.00 bits per heavy atom. The van der Waals surface area contributed by atoms with Crippen LogP contribution in [-0.4, -0.2) is 43.5 Å². The largest absolute Gasteiger partial charge is 0.459 e. The summed E-state index contributed by atoms with van der Waals surface area (Å²) in [6.45, 7) is 4.58. The zero-order valence-corrected chi connectivity index (χ0v) is 19.5. The van der Waals surface area contributed by atoms with Crippen molar-refractivity contribution < 1.29 is 14.3 Å². The number of esters is 1. The van der Waals surface area contributed by atoms with Gasteiger partial charge in [-0.15, -0.1) is 0 Å². The van der Waals surface area contributed by atoms with Crippen LogP contribution in [0, 0.1) is 5.92 Å². The molecule has 0 saturated carbocycles. The third kappa shape index (κ3) is 11.3. The number of hydrogen-bond acceptors (Lipinski definition) is 5. The zero-order chi connectivity index (χ0) is 21.8. The number of carbonyl (C=O) groups is 2. The van der Waals surface area contributed by atoms with Gasteiger partial charge in [-0.05, 0) is 42.9 Å². The van der Waals surface area contributed by atoms with Crippen LogP contribution in [0.5, 0.6) is 0 Å². The van der Waals surface area contributed by atoms with Crippen LogP contribution in [0.1, 0.15) is 38.7 Å². The molecule has 0 aromatic heterocycles. The maximum atomic E-state index is 12.5. The normalized spacial score (nSPS) is 13.2. The van der Waals surface area contributed by atoms with Crippen LogP contribution in [0.25, 0.3) is 0 Å². The van der Waals surface area contributed by atoms with Gasteiger partial charge in [0.15, 0.2) is 5.96 Å². The van der Waals surface area contributed by atoms with Crippen molar-refractivity contribution in [1.29, 1.82) is 0 Å². The van der Waals surface area contributed by atoms with E-state index in [9.17, 15) is 9.59 Å². The zero-order valence-electron chi connectivity index (χ0n) is 17.8. The Morgan fingerprint density at radius 3 is 2.60 bits per heavy atom. The van der Waals surface area contributed by atoms with E-state index in [0.717, 1.165) is 5.56 Å². The molecule has 10 heteroatoms. The first-order chi connectivity index (χ1) is 13.7. The van der Waals surface area contributed by atoms with Gasteiger partial charge in [0.1, 0.15) is 12.6 Å². The molecule has 0 unspecified atom stereocenters. The molecule has 0 aliphatic heterocycles. The van der Waals surface area contributed by atoms with E-state index >= 15 is 0 Å². The highest BCUT2D eigenvalue weighted by molar-refractivity contribution is 7.59. The number of benzene rings is 1. The first kappa shape index (κ1) is 28.0. The fourth-order valence-corrected chi connectivity index (χ4v) is 2.81. The Bertz CT molecular complexity index is 703. The van der Waals surface area contributed by atoms with Gasteiger partial charge in [0, 0.05) is 18.6 Å². The number of carbonyl (C=O) groups excluding carboxylic acids is 2. The number of aliphatic imine (C=N–C) groups is 1. The molecule has 0 spiro atoms. The van der Waals surface area contributed by atoms with Crippen molar-refractivity contribution in [2.24, 2.45) is 22.4 Å². The number of rotatable bonds is 11. The molecule has 0 fully saturated rings. The summed E-state index contributed by atoms with van der Waals surface area (Å²) in [6, 6.07) is 5.59.